The number of imidazole rings is 2. The zero-order chi connectivity index (χ0) is 15.8. The first kappa shape index (κ1) is 14.3. The summed E-state index contributed by atoms with van der Waals surface area (Å²) in [6.45, 7) is 6.53. The Morgan fingerprint density at radius 3 is 2.65 bits per heavy atom. The quantitative estimate of drug-likeness (QED) is 0.802. The predicted octanol–water partition coefficient (Wildman–Crippen LogP) is 3.72. The van der Waals surface area contributed by atoms with Crippen molar-refractivity contribution in [3.05, 3.63) is 42.5 Å². The molecule has 1 fully saturated rings. The highest BCUT2D eigenvalue weighted by atomic mass is 15.3. The van der Waals surface area contributed by atoms with Crippen molar-refractivity contribution in [2.75, 3.05) is 18.0 Å². The van der Waals surface area contributed by atoms with Gasteiger partial charge in [-0.3, -0.25) is 0 Å². The molecule has 0 aliphatic carbocycles. The van der Waals surface area contributed by atoms with Crippen LogP contribution in [0.3, 0.4) is 0 Å². The second-order valence-corrected chi connectivity index (χ2v) is 6.62. The van der Waals surface area contributed by atoms with Crippen LogP contribution >= 0.6 is 0 Å². The largest absolute Gasteiger partial charge is 0.351 e. The molecule has 0 atom stereocenters. The number of hydrogen-bond donors (Lipinski definition) is 1. The van der Waals surface area contributed by atoms with E-state index in [1.165, 1.54) is 11.2 Å². The van der Waals surface area contributed by atoms with Crippen LogP contribution in [0.1, 0.15) is 44.3 Å². The molecule has 1 saturated heterocycles. The molecular formula is C18H23N5. The lowest BCUT2D eigenvalue weighted by Crippen LogP contribution is -2.35. The van der Waals surface area contributed by atoms with Gasteiger partial charge in [0.15, 0.2) is 0 Å². The third-order valence-electron chi connectivity index (χ3n) is 4.81. The molecule has 3 aromatic rings. The second kappa shape index (κ2) is 5.72. The molecule has 0 amide bonds. The average molecular weight is 309 g/mol. The first-order chi connectivity index (χ1) is 11.2. The smallest absolute Gasteiger partial charge is 0.206 e. The lowest BCUT2D eigenvalue weighted by molar-refractivity contribution is 0.481. The summed E-state index contributed by atoms with van der Waals surface area (Å²) in [7, 11) is 0. The van der Waals surface area contributed by atoms with Crippen molar-refractivity contribution >= 4 is 17.0 Å². The fraction of sp³-hybridized carbons (Fsp3) is 0.444. The molecule has 0 bridgehead atoms. The van der Waals surface area contributed by atoms with Crippen LogP contribution in [0.4, 0.5) is 5.95 Å². The van der Waals surface area contributed by atoms with Gasteiger partial charge in [-0.15, -0.1) is 0 Å². The highest BCUT2D eigenvalue weighted by molar-refractivity contribution is 5.79. The van der Waals surface area contributed by atoms with Gasteiger partial charge in [-0.1, -0.05) is 12.1 Å². The Morgan fingerprint density at radius 1 is 1.17 bits per heavy atom. The molecule has 0 saturated carbocycles. The zero-order valence-electron chi connectivity index (χ0n) is 13.7. The van der Waals surface area contributed by atoms with E-state index in [0.717, 1.165) is 37.4 Å². The third kappa shape index (κ3) is 2.50. The molecule has 5 nitrogen and oxygen atoms in total. The van der Waals surface area contributed by atoms with Gasteiger partial charge in [0, 0.05) is 31.2 Å². The van der Waals surface area contributed by atoms with Crippen molar-refractivity contribution < 1.29 is 0 Å². The van der Waals surface area contributed by atoms with E-state index in [9.17, 15) is 0 Å². The van der Waals surface area contributed by atoms with Gasteiger partial charge in [-0.05, 0) is 38.8 Å². The van der Waals surface area contributed by atoms with Gasteiger partial charge in [-0.2, -0.15) is 0 Å². The Labute approximate surface area is 136 Å². The maximum Gasteiger partial charge on any atom is 0.206 e. The van der Waals surface area contributed by atoms with Crippen LogP contribution in [-0.4, -0.2) is 32.6 Å². The van der Waals surface area contributed by atoms with E-state index >= 15 is 0 Å². The van der Waals surface area contributed by atoms with Gasteiger partial charge < -0.3 is 14.5 Å². The maximum atomic E-state index is 4.91. The molecule has 1 aliphatic rings. The van der Waals surface area contributed by atoms with E-state index in [1.54, 1.807) is 6.33 Å². The SMILES string of the molecule is CC(C)n1c(N2CCC(c3c[nH]cn3)CC2)nc2ccccc21. The lowest BCUT2D eigenvalue weighted by Gasteiger charge is -2.33. The van der Waals surface area contributed by atoms with Crippen molar-refractivity contribution in [2.45, 2.75) is 38.6 Å². The summed E-state index contributed by atoms with van der Waals surface area (Å²) in [6.07, 6.45) is 6.07. The number of nitrogens with one attached hydrogen (secondary N) is 1. The van der Waals surface area contributed by atoms with Crippen molar-refractivity contribution in [3.63, 3.8) is 0 Å². The Morgan fingerprint density at radius 2 is 1.96 bits per heavy atom. The second-order valence-electron chi connectivity index (χ2n) is 6.62. The standard InChI is InChI=1S/C18H23N5/c1-13(2)23-17-6-4-3-5-15(17)21-18(23)22-9-7-14(8-10-22)16-11-19-12-20-16/h3-6,11-14H,7-10H2,1-2H3,(H,19,20). The molecular weight excluding hydrogens is 286 g/mol. The van der Waals surface area contributed by atoms with E-state index in [1.807, 2.05) is 6.20 Å². The molecule has 4 rings (SSSR count). The predicted molar refractivity (Wildman–Crippen MR) is 92.9 cm³/mol. The number of aromatic amines is 1. The lowest BCUT2D eigenvalue weighted by atomic mass is 9.94. The summed E-state index contributed by atoms with van der Waals surface area (Å²) >= 11 is 0. The first-order valence-corrected chi connectivity index (χ1v) is 8.44. The molecule has 5 heteroatoms. The number of para-hydroxylation sites is 2. The van der Waals surface area contributed by atoms with Crippen molar-refractivity contribution in [1.29, 1.82) is 0 Å². The molecule has 0 radical (unpaired) electrons. The number of rotatable bonds is 3. The average Bonchev–Trinajstić information content (AvgIpc) is 3.22. The van der Waals surface area contributed by atoms with Gasteiger partial charge >= 0.3 is 0 Å². The fourth-order valence-corrected chi connectivity index (χ4v) is 3.63. The van der Waals surface area contributed by atoms with Crippen LogP contribution in [0.15, 0.2) is 36.8 Å². The fourth-order valence-electron chi connectivity index (χ4n) is 3.63. The van der Waals surface area contributed by atoms with Gasteiger partial charge in [0.05, 0.1) is 23.1 Å². The molecule has 23 heavy (non-hydrogen) atoms. The molecule has 0 unspecified atom stereocenters. The third-order valence-corrected chi connectivity index (χ3v) is 4.81. The molecule has 0 spiro atoms. The number of piperidine rings is 1. The molecule has 1 aliphatic heterocycles. The van der Waals surface area contributed by atoms with Crippen molar-refractivity contribution in [2.24, 2.45) is 0 Å². The van der Waals surface area contributed by atoms with Crippen LogP contribution in [-0.2, 0) is 0 Å². The van der Waals surface area contributed by atoms with Gasteiger partial charge in [0.1, 0.15) is 0 Å². The number of H-pyrrole nitrogens is 1. The summed E-state index contributed by atoms with van der Waals surface area (Å²) < 4.78 is 2.37. The molecule has 3 heterocycles. The van der Waals surface area contributed by atoms with Crippen LogP contribution < -0.4 is 4.90 Å². The molecule has 1 N–H and O–H groups in total. The number of fused-ring (bicyclic) bond motifs is 1. The van der Waals surface area contributed by atoms with E-state index in [-0.39, 0.29) is 0 Å². The topological polar surface area (TPSA) is 49.7 Å². The van der Waals surface area contributed by atoms with E-state index in [0.29, 0.717) is 12.0 Å². The van der Waals surface area contributed by atoms with Gasteiger partial charge in [-0.25, -0.2) is 9.97 Å². The van der Waals surface area contributed by atoms with Gasteiger partial charge in [0.25, 0.3) is 0 Å². The van der Waals surface area contributed by atoms with E-state index < -0.39 is 0 Å². The Balaban J connectivity index is 1.62. The molecule has 2 aromatic heterocycles. The minimum atomic E-state index is 0.404. The van der Waals surface area contributed by atoms with E-state index in [4.69, 9.17) is 4.98 Å². The van der Waals surface area contributed by atoms with Crippen molar-refractivity contribution in [1.82, 2.24) is 19.5 Å². The van der Waals surface area contributed by atoms with Crippen LogP contribution in [0.5, 0.6) is 0 Å². The summed E-state index contributed by atoms with van der Waals surface area (Å²) in [4.78, 5) is 14.8. The maximum absolute atomic E-state index is 4.91. The number of anilines is 1. The monoisotopic (exact) mass is 309 g/mol. The van der Waals surface area contributed by atoms with Crippen LogP contribution in [0, 0.1) is 0 Å². The van der Waals surface area contributed by atoms with Crippen molar-refractivity contribution in [3.8, 4) is 0 Å². The highest BCUT2D eigenvalue weighted by Crippen LogP contribution is 2.32. The number of hydrogen-bond acceptors (Lipinski definition) is 3. The number of benzene rings is 1. The first-order valence-electron chi connectivity index (χ1n) is 8.44. The summed E-state index contributed by atoms with van der Waals surface area (Å²) in [5.74, 6) is 1.68. The van der Waals surface area contributed by atoms with Crippen LogP contribution in [0.25, 0.3) is 11.0 Å². The Kier molecular flexibility index (Phi) is 3.56. The Bertz CT molecular complexity index is 779. The minimum Gasteiger partial charge on any atom is -0.351 e. The van der Waals surface area contributed by atoms with Crippen LogP contribution in [0.2, 0.25) is 0 Å². The molecule has 120 valence electrons. The summed E-state index contributed by atoms with van der Waals surface area (Å²) in [5.41, 5.74) is 3.51. The van der Waals surface area contributed by atoms with E-state index in [2.05, 4.69) is 57.5 Å². The highest BCUT2D eigenvalue weighted by Gasteiger charge is 2.26. The number of nitrogens with zero attached hydrogens (tertiary/aromatic N) is 4. The zero-order valence-corrected chi connectivity index (χ0v) is 13.7. The normalized spacial score (nSPS) is 16.6. The minimum absolute atomic E-state index is 0.404. The number of aromatic nitrogens is 4. The summed E-state index contributed by atoms with van der Waals surface area (Å²) in [6, 6.07) is 8.84. The summed E-state index contributed by atoms with van der Waals surface area (Å²) in [5, 5.41) is 0. The molecule has 1 aromatic carbocycles. The Hall–Kier alpha value is -2.30. The van der Waals surface area contributed by atoms with Gasteiger partial charge in [0.2, 0.25) is 5.95 Å².